The summed E-state index contributed by atoms with van der Waals surface area (Å²) in [5.41, 5.74) is 0.423. The molecule has 3 atom stereocenters. The molecule has 3 N–H and O–H groups in total. The van der Waals surface area contributed by atoms with E-state index in [-0.39, 0.29) is 30.3 Å². The Kier molecular flexibility index (Phi) is 4.23. The molecule has 3 rings (SSSR count). The highest BCUT2D eigenvalue weighted by atomic mass is 35.5. The smallest absolute Gasteiger partial charge is 0.251 e. The van der Waals surface area contributed by atoms with Gasteiger partial charge in [-0.1, -0.05) is 17.7 Å². The van der Waals surface area contributed by atoms with Crippen LogP contribution in [0.3, 0.4) is 0 Å². The molecule has 7 nitrogen and oxygen atoms in total. The van der Waals surface area contributed by atoms with E-state index in [2.05, 4.69) is 10.6 Å². The molecule has 1 aromatic rings. The van der Waals surface area contributed by atoms with Gasteiger partial charge in [0.05, 0.1) is 6.61 Å². The molecule has 0 saturated carbocycles. The van der Waals surface area contributed by atoms with Crippen LogP contribution in [0.5, 0.6) is 0 Å². The van der Waals surface area contributed by atoms with Gasteiger partial charge in [0, 0.05) is 23.2 Å². The van der Waals surface area contributed by atoms with Gasteiger partial charge in [0.15, 0.2) is 0 Å². The molecule has 2 aliphatic heterocycles. The SMILES string of the molecule is O=C(N[C@H]1C[C@H]2C(=O)N[C@@H](CO)C(=O)N2C1)c1cccc(Cl)c1. The lowest BCUT2D eigenvalue weighted by Crippen LogP contribution is -2.62. The summed E-state index contributed by atoms with van der Waals surface area (Å²) in [4.78, 5) is 37.8. The summed E-state index contributed by atoms with van der Waals surface area (Å²) in [5.74, 6) is -0.927. The summed E-state index contributed by atoms with van der Waals surface area (Å²) >= 11 is 5.87. The van der Waals surface area contributed by atoms with Gasteiger partial charge in [-0.05, 0) is 24.6 Å². The predicted octanol–water partition coefficient (Wildman–Crippen LogP) is -0.470. The van der Waals surface area contributed by atoms with Crippen molar-refractivity contribution in [3.05, 3.63) is 34.9 Å². The first-order valence-corrected chi connectivity index (χ1v) is 7.65. The van der Waals surface area contributed by atoms with Crippen LogP contribution in [0, 0.1) is 0 Å². The minimum Gasteiger partial charge on any atom is -0.394 e. The summed E-state index contributed by atoms with van der Waals surface area (Å²) in [6, 6.07) is 4.72. The Hall–Kier alpha value is -2.12. The fourth-order valence-electron chi connectivity index (χ4n) is 2.98. The summed E-state index contributed by atoms with van der Waals surface area (Å²) in [6.45, 7) is -0.187. The molecule has 0 spiro atoms. The fraction of sp³-hybridized carbons (Fsp3) is 0.400. The van der Waals surface area contributed by atoms with Gasteiger partial charge in [-0.15, -0.1) is 0 Å². The van der Waals surface area contributed by atoms with Crippen LogP contribution in [0.15, 0.2) is 24.3 Å². The van der Waals surface area contributed by atoms with Gasteiger partial charge in [0.25, 0.3) is 5.91 Å². The van der Waals surface area contributed by atoms with E-state index >= 15 is 0 Å². The molecule has 0 radical (unpaired) electrons. The first-order chi connectivity index (χ1) is 11.0. The Morgan fingerprint density at radius 3 is 2.91 bits per heavy atom. The van der Waals surface area contributed by atoms with Crippen molar-refractivity contribution in [1.82, 2.24) is 15.5 Å². The zero-order valence-electron chi connectivity index (χ0n) is 12.2. The minimum absolute atomic E-state index is 0.250. The molecular weight excluding hydrogens is 322 g/mol. The highest BCUT2D eigenvalue weighted by Gasteiger charge is 2.46. The standard InChI is InChI=1S/C15H16ClN3O4/c16-9-3-1-2-8(4-9)13(21)17-10-5-12-14(22)18-11(7-20)15(23)19(12)6-10/h1-4,10-12,20H,5-7H2,(H,17,21)(H,18,22)/t10-,11-,12-/m0/s1. The lowest BCUT2D eigenvalue weighted by Gasteiger charge is -2.33. The number of fused-ring (bicyclic) bond motifs is 1. The van der Waals surface area contributed by atoms with Crippen molar-refractivity contribution < 1.29 is 19.5 Å². The van der Waals surface area contributed by atoms with Crippen LogP contribution < -0.4 is 10.6 Å². The van der Waals surface area contributed by atoms with Gasteiger partial charge in [-0.2, -0.15) is 0 Å². The van der Waals surface area contributed by atoms with Crippen molar-refractivity contribution >= 4 is 29.3 Å². The number of hydrogen-bond donors (Lipinski definition) is 3. The lowest BCUT2D eigenvalue weighted by molar-refractivity contribution is -0.148. The van der Waals surface area contributed by atoms with Gasteiger partial charge in [-0.3, -0.25) is 14.4 Å². The number of hydrogen-bond acceptors (Lipinski definition) is 4. The van der Waals surface area contributed by atoms with E-state index in [9.17, 15) is 14.4 Å². The van der Waals surface area contributed by atoms with Crippen LogP contribution in [0.1, 0.15) is 16.8 Å². The molecule has 2 aliphatic rings. The number of aliphatic hydroxyl groups excluding tert-OH is 1. The van der Waals surface area contributed by atoms with Crippen LogP contribution in [0.2, 0.25) is 5.02 Å². The highest BCUT2D eigenvalue weighted by molar-refractivity contribution is 6.30. The third-order valence-corrected chi connectivity index (χ3v) is 4.34. The summed E-state index contributed by atoms with van der Waals surface area (Å²) in [6.07, 6.45) is 0.349. The average Bonchev–Trinajstić information content (AvgIpc) is 2.95. The number of aliphatic hydroxyl groups is 1. The Balaban J connectivity index is 1.69. The number of nitrogens with zero attached hydrogens (tertiary/aromatic N) is 1. The zero-order chi connectivity index (χ0) is 16.6. The predicted molar refractivity (Wildman–Crippen MR) is 81.8 cm³/mol. The number of nitrogens with one attached hydrogen (secondary N) is 2. The van der Waals surface area contributed by atoms with E-state index in [1.54, 1.807) is 24.3 Å². The monoisotopic (exact) mass is 337 g/mol. The molecule has 23 heavy (non-hydrogen) atoms. The van der Waals surface area contributed by atoms with Crippen molar-refractivity contribution in [3.8, 4) is 0 Å². The second kappa shape index (κ2) is 6.17. The van der Waals surface area contributed by atoms with Gasteiger partial charge >= 0.3 is 0 Å². The number of rotatable bonds is 3. The van der Waals surface area contributed by atoms with E-state index in [1.807, 2.05) is 0 Å². The van der Waals surface area contributed by atoms with Crippen LogP contribution in [0.25, 0.3) is 0 Å². The maximum Gasteiger partial charge on any atom is 0.251 e. The van der Waals surface area contributed by atoms with Crippen LogP contribution in [-0.2, 0) is 9.59 Å². The highest BCUT2D eigenvalue weighted by Crippen LogP contribution is 2.23. The van der Waals surface area contributed by atoms with Crippen molar-refractivity contribution in [3.63, 3.8) is 0 Å². The van der Waals surface area contributed by atoms with E-state index in [1.165, 1.54) is 4.90 Å². The first kappa shape index (κ1) is 15.8. The molecule has 1 aromatic carbocycles. The largest absolute Gasteiger partial charge is 0.394 e. The van der Waals surface area contributed by atoms with Crippen molar-refractivity contribution in [2.75, 3.05) is 13.2 Å². The second-order valence-electron chi connectivity index (χ2n) is 5.67. The molecule has 3 amide bonds. The lowest BCUT2D eigenvalue weighted by atomic mass is 10.1. The zero-order valence-corrected chi connectivity index (χ0v) is 12.9. The van der Waals surface area contributed by atoms with Crippen molar-refractivity contribution in [1.29, 1.82) is 0 Å². The van der Waals surface area contributed by atoms with E-state index in [0.717, 1.165) is 0 Å². The van der Waals surface area contributed by atoms with Crippen LogP contribution in [0.4, 0.5) is 0 Å². The summed E-state index contributed by atoms with van der Waals surface area (Å²) in [7, 11) is 0. The first-order valence-electron chi connectivity index (χ1n) is 7.27. The Bertz CT molecular complexity index is 666. The average molecular weight is 338 g/mol. The van der Waals surface area contributed by atoms with Crippen LogP contribution >= 0.6 is 11.6 Å². The molecule has 2 heterocycles. The molecule has 0 aliphatic carbocycles. The Morgan fingerprint density at radius 1 is 1.43 bits per heavy atom. The Morgan fingerprint density at radius 2 is 2.22 bits per heavy atom. The fourth-order valence-corrected chi connectivity index (χ4v) is 3.17. The molecule has 2 saturated heterocycles. The summed E-state index contributed by atoms with van der Waals surface area (Å²) < 4.78 is 0. The van der Waals surface area contributed by atoms with Gasteiger partial charge in [-0.25, -0.2) is 0 Å². The quantitative estimate of drug-likeness (QED) is 0.694. The number of benzene rings is 1. The van der Waals surface area contributed by atoms with Crippen molar-refractivity contribution in [2.45, 2.75) is 24.5 Å². The number of amides is 3. The van der Waals surface area contributed by atoms with E-state index in [0.29, 0.717) is 17.0 Å². The maximum atomic E-state index is 12.2. The van der Waals surface area contributed by atoms with Gasteiger partial charge in [0.1, 0.15) is 12.1 Å². The minimum atomic E-state index is -0.902. The number of halogens is 1. The second-order valence-corrected chi connectivity index (χ2v) is 6.10. The number of piperazine rings is 1. The Labute approximate surface area is 137 Å². The van der Waals surface area contributed by atoms with E-state index < -0.39 is 18.7 Å². The van der Waals surface area contributed by atoms with Crippen molar-refractivity contribution in [2.24, 2.45) is 0 Å². The van der Waals surface area contributed by atoms with Gasteiger partial charge in [0.2, 0.25) is 11.8 Å². The van der Waals surface area contributed by atoms with Crippen LogP contribution in [-0.4, -0.2) is 59.0 Å². The third-order valence-electron chi connectivity index (χ3n) is 4.11. The maximum absolute atomic E-state index is 12.2. The summed E-state index contributed by atoms with van der Waals surface area (Å²) in [5, 5.41) is 14.9. The van der Waals surface area contributed by atoms with Gasteiger partial charge < -0.3 is 20.6 Å². The molecular formula is C15H16ClN3O4. The molecule has 8 heteroatoms. The molecule has 122 valence electrons. The molecule has 2 fully saturated rings. The van der Waals surface area contributed by atoms with E-state index in [4.69, 9.17) is 16.7 Å². The molecule has 0 aromatic heterocycles. The number of carbonyl (C=O) groups is 3. The topological polar surface area (TPSA) is 98.7 Å². The third kappa shape index (κ3) is 3.02. The normalized spacial score (nSPS) is 26.7. The molecule has 0 unspecified atom stereocenters. The number of carbonyl (C=O) groups excluding carboxylic acids is 3. The molecule has 0 bridgehead atoms.